The van der Waals surface area contributed by atoms with E-state index in [1.807, 2.05) is 50.3 Å². The van der Waals surface area contributed by atoms with E-state index in [9.17, 15) is 0 Å². The smallest absolute Gasteiger partial charge is 0.326 e. The predicted octanol–water partition coefficient (Wildman–Crippen LogP) is 4.53. The minimum atomic E-state index is -0.390. The lowest BCUT2D eigenvalue weighted by molar-refractivity contribution is 0.122. The Labute approximate surface area is 192 Å². The van der Waals surface area contributed by atoms with Crippen molar-refractivity contribution in [2.24, 2.45) is 4.99 Å². The number of fused-ring (bicyclic) bond motifs is 1. The summed E-state index contributed by atoms with van der Waals surface area (Å²) in [4.78, 5) is 15.7. The van der Waals surface area contributed by atoms with Crippen LogP contribution in [0.2, 0.25) is 0 Å². The molecule has 1 saturated heterocycles. The highest BCUT2D eigenvalue weighted by atomic mass is 19.1. The molecular weight excluding hydrogens is 421 g/mol. The summed E-state index contributed by atoms with van der Waals surface area (Å²) in [6.45, 7) is 7.25. The van der Waals surface area contributed by atoms with E-state index in [1.54, 1.807) is 6.07 Å². The van der Waals surface area contributed by atoms with Crippen LogP contribution in [0.25, 0.3) is 6.08 Å². The maximum Gasteiger partial charge on any atom is 0.326 e. The highest BCUT2D eigenvalue weighted by Gasteiger charge is 2.21. The highest BCUT2D eigenvalue weighted by molar-refractivity contribution is 6.05. The molecule has 0 radical (unpaired) electrons. The number of halogens is 1. The number of rotatable bonds is 5. The van der Waals surface area contributed by atoms with E-state index in [0.717, 1.165) is 23.1 Å². The fraction of sp³-hybridized carbons (Fsp3) is 0.320. The van der Waals surface area contributed by atoms with E-state index in [1.165, 1.54) is 0 Å². The molecule has 3 heterocycles. The van der Waals surface area contributed by atoms with E-state index < -0.39 is 5.82 Å². The molecule has 1 aromatic heterocycles. The zero-order valence-corrected chi connectivity index (χ0v) is 18.8. The summed E-state index contributed by atoms with van der Waals surface area (Å²) in [6.07, 6.45) is 8.61. The molecule has 1 N–H and O–H groups in total. The van der Waals surface area contributed by atoms with Gasteiger partial charge in [-0.1, -0.05) is 29.9 Å². The molecule has 1 aromatic carbocycles. The molecule has 5 rings (SSSR count). The zero-order valence-electron chi connectivity index (χ0n) is 18.8. The van der Waals surface area contributed by atoms with Crippen LogP contribution in [0.3, 0.4) is 0 Å². The van der Waals surface area contributed by atoms with Gasteiger partial charge in [0.25, 0.3) is 0 Å². The third kappa shape index (κ3) is 4.66. The van der Waals surface area contributed by atoms with Gasteiger partial charge in [-0.15, -0.1) is 0 Å². The summed E-state index contributed by atoms with van der Waals surface area (Å²) in [6, 6.07) is 5.47. The molecule has 170 valence electrons. The molecule has 33 heavy (non-hydrogen) atoms. The number of aromatic nitrogens is 2. The molecule has 0 spiro atoms. The second-order valence-electron chi connectivity index (χ2n) is 8.26. The molecule has 2 aliphatic heterocycles. The number of aliphatic imine (C=N–C) groups is 1. The maximum absolute atomic E-state index is 15.1. The maximum atomic E-state index is 15.1. The lowest BCUT2D eigenvalue weighted by atomic mass is 10.1. The van der Waals surface area contributed by atoms with Crippen LogP contribution in [-0.2, 0) is 11.2 Å². The average Bonchev–Trinajstić information content (AvgIpc) is 3.42. The van der Waals surface area contributed by atoms with Crippen LogP contribution in [0.15, 0.2) is 52.6 Å². The summed E-state index contributed by atoms with van der Waals surface area (Å²) in [5, 5.41) is 3.24. The number of benzene rings is 1. The van der Waals surface area contributed by atoms with Crippen molar-refractivity contribution in [3.8, 4) is 11.8 Å². The first-order chi connectivity index (χ1) is 16.1. The SMILES string of the molecule is C/C=C\C1=CC(Nc2cc(N3CCOCC3)nc(Oc3ccc4c(c3F)C=C(C)C4)n2)=NC1. The van der Waals surface area contributed by atoms with Gasteiger partial charge >= 0.3 is 6.01 Å². The van der Waals surface area contributed by atoms with Crippen LogP contribution in [0.4, 0.5) is 16.0 Å². The molecule has 7 nitrogen and oxygen atoms in total. The van der Waals surface area contributed by atoms with E-state index in [-0.39, 0.29) is 11.8 Å². The monoisotopic (exact) mass is 447 g/mol. The molecule has 0 bridgehead atoms. The van der Waals surface area contributed by atoms with E-state index in [2.05, 4.69) is 25.2 Å². The predicted molar refractivity (Wildman–Crippen MR) is 128 cm³/mol. The lowest BCUT2D eigenvalue weighted by Gasteiger charge is -2.28. The number of anilines is 2. The summed E-state index contributed by atoms with van der Waals surface area (Å²) in [5.74, 6) is 1.66. The fourth-order valence-corrected chi connectivity index (χ4v) is 4.14. The van der Waals surface area contributed by atoms with Crippen molar-refractivity contribution < 1.29 is 13.9 Å². The second-order valence-corrected chi connectivity index (χ2v) is 8.26. The van der Waals surface area contributed by atoms with Gasteiger partial charge in [-0.3, -0.25) is 4.99 Å². The first-order valence-electron chi connectivity index (χ1n) is 11.1. The van der Waals surface area contributed by atoms with Gasteiger partial charge in [-0.25, -0.2) is 4.39 Å². The van der Waals surface area contributed by atoms with Crippen molar-refractivity contribution in [2.75, 3.05) is 43.1 Å². The van der Waals surface area contributed by atoms with Crippen LogP contribution in [0.1, 0.15) is 25.0 Å². The lowest BCUT2D eigenvalue weighted by Crippen LogP contribution is -2.36. The second kappa shape index (κ2) is 9.15. The Kier molecular flexibility index (Phi) is 5.92. The number of hydrogen-bond acceptors (Lipinski definition) is 7. The van der Waals surface area contributed by atoms with Gasteiger partial charge in [0.1, 0.15) is 17.5 Å². The number of amidine groups is 1. The molecule has 2 aromatic rings. The normalized spacial score (nSPS) is 17.7. The Bertz CT molecular complexity index is 1200. The standard InChI is InChI=1S/C25H26FN5O2/c1-3-4-17-13-21(27-15-17)28-22-14-23(31-7-9-32-10-8-31)30-25(29-22)33-20-6-5-18-11-16(2)12-19(18)24(20)26/h3-6,12-14H,7-11,15H2,1-2H3,(H,27,28,29,30)/b4-3-. The van der Waals surface area contributed by atoms with E-state index in [0.29, 0.717) is 55.9 Å². The van der Waals surface area contributed by atoms with E-state index >= 15 is 4.39 Å². The Morgan fingerprint density at radius 3 is 2.85 bits per heavy atom. The Hall–Kier alpha value is -3.52. The molecule has 0 saturated carbocycles. The van der Waals surface area contributed by atoms with Gasteiger partial charge in [-0.05, 0) is 43.5 Å². The first kappa shape index (κ1) is 21.3. The number of ether oxygens (including phenoxy) is 2. The summed E-state index contributed by atoms with van der Waals surface area (Å²) in [7, 11) is 0. The summed E-state index contributed by atoms with van der Waals surface area (Å²) in [5.41, 5.74) is 3.78. The number of nitrogens with zero attached hydrogens (tertiary/aromatic N) is 4. The zero-order chi connectivity index (χ0) is 22.8. The minimum absolute atomic E-state index is 0.0790. The van der Waals surface area contributed by atoms with Crippen molar-refractivity contribution in [1.29, 1.82) is 0 Å². The molecule has 1 aliphatic carbocycles. The topological polar surface area (TPSA) is 71.9 Å². The van der Waals surface area contributed by atoms with Gasteiger partial charge in [0, 0.05) is 24.7 Å². The van der Waals surface area contributed by atoms with Crippen LogP contribution >= 0.6 is 0 Å². The van der Waals surface area contributed by atoms with Crippen molar-refractivity contribution in [1.82, 2.24) is 9.97 Å². The summed E-state index contributed by atoms with van der Waals surface area (Å²) >= 11 is 0. The number of allylic oxidation sites excluding steroid dienone is 2. The highest BCUT2D eigenvalue weighted by Crippen LogP contribution is 2.34. The van der Waals surface area contributed by atoms with Gasteiger partial charge in [0.05, 0.1) is 19.8 Å². The number of hydrogen-bond donors (Lipinski definition) is 1. The Balaban J connectivity index is 1.45. The van der Waals surface area contributed by atoms with E-state index in [4.69, 9.17) is 9.47 Å². The van der Waals surface area contributed by atoms with Crippen molar-refractivity contribution in [3.05, 3.63) is 64.5 Å². The molecule has 0 unspecified atom stereocenters. The van der Waals surface area contributed by atoms with Crippen molar-refractivity contribution in [2.45, 2.75) is 20.3 Å². The van der Waals surface area contributed by atoms with Gasteiger partial charge in [0.15, 0.2) is 11.6 Å². The van der Waals surface area contributed by atoms with Gasteiger partial charge in [0.2, 0.25) is 0 Å². The third-order valence-corrected chi connectivity index (χ3v) is 5.71. The van der Waals surface area contributed by atoms with Gasteiger partial charge in [-0.2, -0.15) is 9.97 Å². The molecule has 3 aliphatic rings. The third-order valence-electron chi connectivity index (χ3n) is 5.71. The summed E-state index contributed by atoms with van der Waals surface area (Å²) < 4.78 is 26.5. The average molecular weight is 448 g/mol. The molecule has 0 amide bonds. The Morgan fingerprint density at radius 2 is 2.03 bits per heavy atom. The molecule has 0 atom stereocenters. The van der Waals surface area contributed by atoms with Crippen LogP contribution in [-0.4, -0.2) is 48.7 Å². The molecular formula is C25H26FN5O2. The largest absolute Gasteiger partial charge is 0.421 e. The Morgan fingerprint density at radius 1 is 1.18 bits per heavy atom. The quantitative estimate of drug-likeness (QED) is 0.726. The number of morpholine rings is 1. The van der Waals surface area contributed by atoms with Crippen LogP contribution in [0.5, 0.6) is 11.8 Å². The number of nitrogens with one attached hydrogen (secondary N) is 1. The van der Waals surface area contributed by atoms with Crippen molar-refractivity contribution in [3.63, 3.8) is 0 Å². The van der Waals surface area contributed by atoms with Gasteiger partial charge < -0.3 is 19.7 Å². The first-order valence-corrected chi connectivity index (χ1v) is 11.1. The molecule has 1 fully saturated rings. The minimum Gasteiger partial charge on any atom is -0.421 e. The fourth-order valence-electron chi connectivity index (χ4n) is 4.14. The van der Waals surface area contributed by atoms with Crippen LogP contribution < -0.4 is 15.0 Å². The van der Waals surface area contributed by atoms with Crippen LogP contribution in [0, 0.1) is 5.82 Å². The van der Waals surface area contributed by atoms with Crippen molar-refractivity contribution >= 4 is 23.5 Å². The molecule has 8 heteroatoms.